The first kappa shape index (κ1) is 11.2. The lowest BCUT2D eigenvalue weighted by Gasteiger charge is -2.31. The van der Waals surface area contributed by atoms with Crippen LogP contribution < -0.4 is 4.90 Å². The van der Waals surface area contributed by atoms with Gasteiger partial charge >= 0.3 is 0 Å². The molecule has 0 saturated carbocycles. The molecule has 0 spiro atoms. The van der Waals surface area contributed by atoms with Crippen LogP contribution in [0.4, 0.5) is 5.69 Å². The fourth-order valence-corrected chi connectivity index (χ4v) is 2.35. The van der Waals surface area contributed by atoms with Gasteiger partial charge in [0.15, 0.2) is 0 Å². The maximum Gasteiger partial charge on any atom is 0.127 e. The smallest absolute Gasteiger partial charge is 0.127 e. The van der Waals surface area contributed by atoms with Crippen molar-refractivity contribution in [1.82, 2.24) is 0 Å². The van der Waals surface area contributed by atoms with Gasteiger partial charge in [0.25, 0.3) is 0 Å². The van der Waals surface area contributed by atoms with Crippen molar-refractivity contribution in [3.05, 3.63) is 29.8 Å². The minimum atomic E-state index is -0.272. The predicted molar refractivity (Wildman–Crippen MR) is 66.8 cm³/mol. The Hall–Kier alpha value is -1.31. The number of carbonyl (C=O) groups is 1. The van der Waals surface area contributed by atoms with Gasteiger partial charge in [-0.2, -0.15) is 0 Å². The third kappa shape index (κ3) is 1.97. The van der Waals surface area contributed by atoms with E-state index in [1.54, 1.807) is 0 Å². The monoisotopic (exact) mass is 217 g/mol. The maximum absolute atomic E-state index is 11.0. The second-order valence-electron chi connectivity index (χ2n) is 5.42. The number of rotatable bonds is 3. The SMILES string of the molecule is CC1Cc2ccccc2N1CC(C)(C)C=O. The Morgan fingerprint density at radius 1 is 1.44 bits per heavy atom. The number of hydrogen-bond donors (Lipinski definition) is 0. The van der Waals surface area contributed by atoms with Crippen LogP contribution >= 0.6 is 0 Å². The highest BCUT2D eigenvalue weighted by atomic mass is 16.1. The van der Waals surface area contributed by atoms with Crippen molar-refractivity contribution >= 4 is 12.0 Å². The van der Waals surface area contributed by atoms with Gasteiger partial charge in [-0.05, 0) is 25.0 Å². The zero-order chi connectivity index (χ0) is 11.8. The molecule has 1 aromatic carbocycles. The molecule has 0 radical (unpaired) electrons. The van der Waals surface area contributed by atoms with E-state index >= 15 is 0 Å². The molecule has 0 N–H and O–H groups in total. The molecule has 1 aliphatic rings. The number of nitrogens with zero attached hydrogens (tertiary/aromatic N) is 1. The molecule has 0 fully saturated rings. The van der Waals surface area contributed by atoms with Crippen LogP contribution in [0.5, 0.6) is 0 Å². The van der Waals surface area contributed by atoms with Gasteiger partial charge in [0.2, 0.25) is 0 Å². The standard InChI is InChI=1S/C14H19NO/c1-11-8-12-6-4-5-7-13(12)15(11)9-14(2,3)10-16/h4-7,10-11H,8-9H2,1-3H3. The summed E-state index contributed by atoms with van der Waals surface area (Å²) >= 11 is 0. The van der Waals surface area contributed by atoms with Crippen LogP contribution in [0.1, 0.15) is 26.3 Å². The molecule has 86 valence electrons. The summed E-state index contributed by atoms with van der Waals surface area (Å²) in [6, 6.07) is 8.98. The maximum atomic E-state index is 11.0. The normalized spacial score (nSPS) is 19.7. The van der Waals surface area contributed by atoms with Gasteiger partial charge in [-0.15, -0.1) is 0 Å². The Bertz CT molecular complexity index is 397. The second-order valence-corrected chi connectivity index (χ2v) is 5.42. The minimum Gasteiger partial charge on any atom is -0.367 e. The number of aldehydes is 1. The molecule has 1 unspecified atom stereocenters. The summed E-state index contributed by atoms with van der Waals surface area (Å²) in [4.78, 5) is 13.4. The fourth-order valence-electron chi connectivity index (χ4n) is 2.35. The molecular formula is C14H19NO. The Labute approximate surface area is 97.3 Å². The molecule has 0 aliphatic carbocycles. The van der Waals surface area contributed by atoms with E-state index in [2.05, 4.69) is 36.1 Å². The summed E-state index contributed by atoms with van der Waals surface area (Å²) in [6.07, 6.45) is 2.14. The van der Waals surface area contributed by atoms with Crippen molar-refractivity contribution in [3.63, 3.8) is 0 Å². The summed E-state index contributed by atoms with van der Waals surface area (Å²) in [5.74, 6) is 0. The van der Waals surface area contributed by atoms with Crippen molar-refractivity contribution in [2.45, 2.75) is 33.2 Å². The largest absolute Gasteiger partial charge is 0.367 e. The van der Waals surface area contributed by atoms with Crippen LogP contribution in [0.2, 0.25) is 0 Å². The van der Waals surface area contributed by atoms with Crippen molar-refractivity contribution in [1.29, 1.82) is 0 Å². The zero-order valence-electron chi connectivity index (χ0n) is 10.2. The van der Waals surface area contributed by atoms with Crippen LogP contribution in [0.15, 0.2) is 24.3 Å². The minimum absolute atomic E-state index is 0.272. The Morgan fingerprint density at radius 3 is 2.81 bits per heavy atom. The first-order valence-corrected chi connectivity index (χ1v) is 5.84. The van der Waals surface area contributed by atoms with Crippen LogP contribution in [0, 0.1) is 5.41 Å². The van der Waals surface area contributed by atoms with E-state index in [1.807, 2.05) is 13.8 Å². The van der Waals surface area contributed by atoms with Crippen LogP contribution in [0.3, 0.4) is 0 Å². The Balaban J connectivity index is 2.26. The van der Waals surface area contributed by atoms with Gasteiger partial charge in [-0.1, -0.05) is 32.0 Å². The van der Waals surface area contributed by atoms with Crippen molar-refractivity contribution in [2.24, 2.45) is 5.41 Å². The summed E-state index contributed by atoms with van der Waals surface area (Å²) in [6.45, 7) is 7.01. The summed E-state index contributed by atoms with van der Waals surface area (Å²) in [7, 11) is 0. The van der Waals surface area contributed by atoms with Gasteiger partial charge in [0.05, 0.1) is 0 Å². The molecule has 1 aliphatic heterocycles. The van der Waals surface area contributed by atoms with Crippen LogP contribution in [-0.2, 0) is 11.2 Å². The van der Waals surface area contributed by atoms with E-state index < -0.39 is 0 Å². The molecule has 0 saturated heterocycles. The molecular weight excluding hydrogens is 198 g/mol. The van der Waals surface area contributed by atoms with Gasteiger partial charge in [-0.25, -0.2) is 0 Å². The van der Waals surface area contributed by atoms with Gasteiger partial charge in [0.1, 0.15) is 6.29 Å². The molecule has 0 bridgehead atoms. The zero-order valence-corrected chi connectivity index (χ0v) is 10.2. The predicted octanol–water partition coefficient (Wildman–Crippen LogP) is 2.66. The lowest BCUT2D eigenvalue weighted by Crippen LogP contribution is -2.38. The number of anilines is 1. The first-order chi connectivity index (χ1) is 7.53. The molecule has 2 rings (SSSR count). The van der Waals surface area contributed by atoms with Crippen LogP contribution in [-0.4, -0.2) is 18.9 Å². The molecule has 1 atom stereocenters. The topological polar surface area (TPSA) is 20.3 Å². The average molecular weight is 217 g/mol. The highest BCUT2D eigenvalue weighted by Crippen LogP contribution is 2.33. The third-order valence-electron chi connectivity index (χ3n) is 3.25. The Kier molecular flexibility index (Phi) is 2.75. The van der Waals surface area contributed by atoms with Crippen molar-refractivity contribution in [2.75, 3.05) is 11.4 Å². The first-order valence-electron chi connectivity index (χ1n) is 5.84. The lowest BCUT2D eigenvalue weighted by molar-refractivity contribution is -0.114. The number of hydrogen-bond acceptors (Lipinski definition) is 2. The molecule has 2 nitrogen and oxygen atoms in total. The third-order valence-corrected chi connectivity index (χ3v) is 3.25. The quantitative estimate of drug-likeness (QED) is 0.725. The summed E-state index contributed by atoms with van der Waals surface area (Å²) < 4.78 is 0. The number of fused-ring (bicyclic) bond motifs is 1. The van der Waals surface area contributed by atoms with E-state index in [0.29, 0.717) is 6.04 Å². The number of para-hydroxylation sites is 1. The molecule has 16 heavy (non-hydrogen) atoms. The lowest BCUT2D eigenvalue weighted by atomic mass is 9.94. The van der Waals surface area contributed by atoms with E-state index in [0.717, 1.165) is 19.3 Å². The highest BCUT2D eigenvalue weighted by Gasteiger charge is 2.30. The van der Waals surface area contributed by atoms with E-state index in [-0.39, 0.29) is 5.41 Å². The second kappa shape index (κ2) is 3.93. The average Bonchev–Trinajstić information content (AvgIpc) is 2.56. The fraction of sp³-hybridized carbons (Fsp3) is 0.500. The van der Waals surface area contributed by atoms with Crippen LogP contribution in [0.25, 0.3) is 0 Å². The highest BCUT2D eigenvalue weighted by molar-refractivity contribution is 5.64. The van der Waals surface area contributed by atoms with Crippen molar-refractivity contribution in [3.8, 4) is 0 Å². The van der Waals surface area contributed by atoms with E-state index in [9.17, 15) is 4.79 Å². The van der Waals surface area contributed by atoms with E-state index in [1.165, 1.54) is 11.3 Å². The van der Waals surface area contributed by atoms with Gasteiger partial charge in [-0.3, -0.25) is 0 Å². The Morgan fingerprint density at radius 2 is 2.12 bits per heavy atom. The molecule has 0 aromatic heterocycles. The number of carbonyl (C=O) groups excluding carboxylic acids is 1. The van der Waals surface area contributed by atoms with E-state index in [4.69, 9.17) is 0 Å². The molecule has 1 heterocycles. The molecule has 0 amide bonds. The number of benzene rings is 1. The van der Waals surface area contributed by atoms with Gasteiger partial charge in [0, 0.05) is 23.7 Å². The molecule has 1 aromatic rings. The molecule has 2 heteroatoms. The summed E-state index contributed by atoms with van der Waals surface area (Å²) in [5.41, 5.74) is 2.42. The van der Waals surface area contributed by atoms with Gasteiger partial charge < -0.3 is 9.69 Å². The van der Waals surface area contributed by atoms with Crippen molar-refractivity contribution < 1.29 is 4.79 Å². The summed E-state index contributed by atoms with van der Waals surface area (Å²) in [5, 5.41) is 0.